The van der Waals surface area contributed by atoms with Gasteiger partial charge in [-0.1, -0.05) is 84.9 Å². The Hall–Kier alpha value is -5.43. The topological polar surface area (TPSA) is 79.3 Å². The molecule has 45 heavy (non-hydrogen) atoms. The molecule has 0 unspecified atom stereocenters. The molecule has 0 bridgehead atoms. The molecule has 1 aliphatic rings. The Bertz CT molecular complexity index is 1770. The number of hydrogen-bond acceptors (Lipinski definition) is 5. The number of aryl methyl sites for hydroxylation is 1. The summed E-state index contributed by atoms with van der Waals surface area (Å²) in [5.74, 6) is -0.288. The molecule has 7 nitrogen and oxygen atoms in total. The number of hydrogen-bond donors (Lipinski definition) is 0. The van der Waals surface area contributed by atoms with Gasteiger partial charge < -0.3 is 9.80 Å². The summed E-state index contributed by atoms with van der Waals surface area (Å²) in [6, 6.07) is 29.3. The number of nitrogens with zero attached hydrogens (tertiary/aromatic N) is 5. The summed E-state index contributed by atoms with van der Waals surface area (Å²) in [7, 11) is 0. The van der Waals surface area contributed by atoms with E-state index in [4.69, 9.17) is 0 Å². The van der Waals surface area contributed by atoms with Crippen LogP contribution >= 0.6 is 0 Å². The first-order chi connectivity index (χ1) is 22.0. The van der Waals surface area contributed by atoms with E-state index in [0.717, 1.165) is 45.6 Å². The molecule has 1 aliphatic heterocycles. The van der Waals surface area contributed by atoms with Gasteiger partial charge in [0.15, 0.2) is 0 Å². The van der Waals surface area contributed by atoms with Crippen LogP contribution in [0.5, 0.6) is 0 Å². The van der Waals surface area contributed by atoms with Gasteiger partial charge in [-0.3, -0.25) is 24.5 Å². The maximum absolute atomic E-state index is 14.5. The third-order valence-electron chi connectivity index (χ3n) is 8.18. The molecule has 5 aromatic rings. The van der Waals surface area contributed by atoms with E-state index in [1.54, 1.807) is 41.8 Å². The van der Waals surface area contributed by atoms with Crippen LogP contribution in [-0.4, -0.2) is 49.2 Å². The van der Waals surface area contributed by atoms with Crippen LogP contribution in [-0.2, 0) is 35.5 Å². The average Bonchev–Trinajstić information content (AvgIpc) is 3.10. The molecule has 6 rings (SSSR count). The standard InChI is InChI=1S/C38H35N5O2/c1-28-11-12-30(24-41-28)15-18-37(44)43(26-31-13-16-33(17-14-31)35-25-39-20-21-40-35)36(23-29-7-3-2-4-8-29)38(45)42-22-19-32-9-5-6-10-34(32)27-42/h2-18,20-21,24-25,36H,19,22-23,26-27H2,1H3/b18-15+/t36-/m0/s1. The van der Waals surface area contributed by atoms with Crippen molar-refractivity contribution < 1.29 is 9.59 Å². The van der Waals surface area contributed by atoms with Crippen molar-refractivity contribution in [3.8, 4) is 11.3 Å². The van der Waals surface area contributed by atoms with Gasteiger partial charge in [-0.25, -0.2) is 0 Å². The summed E-state index contributed by atoms with van der Waals surface area (Å²) >= 11 is 0. The maximum atomic E-state index is 14.5. The van der Waals surface area contributed by atoms with Gasteiger partial charge in [-0.05, 0) is 53.3 Å². The average molecular weight is 594 g/mol. The summed E-state index contributed by atoms with van der Waals surface area (Å²) in [6.07, 6.45) is 11.3. The first-order valence-electron chi connectivity index (χ1n) is 15.2. The second kappa shape index (κ2) is 13.9. The van der Waals surface area contributed by atoms with E-state index in [-0.39, 0.29) is 18.4 Å². The highest BCUT2D eigenvalue weighted by Gasteiger charge is 2.34. The second-order valence-electron chi connectivity index (χ2n) is 11.3. The Morgan fingerprint density at radius 3 is 2.36 bits per heavy atom. The fourth-order valence-corrected chi connectivity index (χ4v) is 5.67. The molecule has 3 heterocycles. The number of amides is 2. The first-order valence-corrected chi connectivity index (χ1v) is 15.2. The van der Waals surface area contributed by atoms with E-state index in [1.807, 2.05) is 90.7 Å². The second-order valence-corrected chi connectivity index (χ2v) is 11.3. The van der Waals surface area contributed by atoms with Gasteiger partial charge in [0.05, 0.1) is 11.9 Å². The van der Waals surface area contributed by atoms with Crippen molar-refractivity contribution in [1.82, 2.24) is 24.8 Å². The van der Waals surface area contributed by atoms with Crippen LogP contribution in [0, 0.1) is 6.92 Å². The summed E-state index contributed by atoms with van der Waals surface area (Å²) in [6.45, 7) is 3.33. The van der Waals surface area contributed by atoms with E-state index in [1.165, 1.54) is 5.56 Å². The van der Waals surface area contributed by atoms with Crippen LogP contribution < -0.4 is 0 Å². The molecule has 224 valence electrons. The van der Waals surface area contributed by atoms with E-state index < -0.39 is 6.04 Å². The molecule has 0 spiro atoms. The highest BCUT2D eigenvalue weighted by molar-refractivity contribution is 5.95. The molecule has 0 aliphatic carbocycles. The van der Waals surface area contributed by atoms with Crippen molar-refractivity contribution in [3.63, 3.8) is 0 Å². The van der Waals surface area contributed by atoms with Crippen LogP contribution in [0.3, 0.4) is 0 Å². The lowest BCUT2D eigenvalue weighted by molar-refractivity contribution is -0.144. The van der Waals surface area contributed by atoms with Gasteiger partial charge in [0.25, 0.3) is 0 Å². The highest BCUT2D eigenvalue weighted by atomic mass is 16.2. The highest BCUT2D eigenvalue weighted by Crippen LogP contribution is 2.24. The molecule has 0 N–H and O–H groups in total. The van der Waals surface area contributed by atoms with E-state index in [9.17, 15) is 9.59 Å². The van der Waals surface area contributed by atoms with Crippen molar-refractivity contribution in [2.24, 2.45) is 0 Å². The van der Waals surface area contributed by atoms with Crippen LogP contribution in [0.1, 0.15) is 33.5 Å². The van der Waals surface area contributed by atoms with Crippen molar-refractivity contribution in [2.45, 2.75) is 38.9 Å². The molecule has 0 saturated heterocycles. The number of benzene rings is 3. The Morgan fingerprint density at radius 2 is 1.62 bits per heavy atom. The van der Waals surface area contributed by atoms with E-state index in [2.05, 4.69) is 27.1 Å². The normalized spacial score (nSPS) is 13.3. The molecule has 7 heteroatoms. The lowest BCUT2D eigenvalue weighted by atomic mass is 9.97. The summed E-state index contributed by atoms with van der Waals surface area (Å²) in [5, 5.41) is 0. The molecule has 2 amide bonds. The number of rotatable bonds is 9. The molecule has 0 fully saturated rings. The Kier molecular flexibility index (Phi) is 9.16. The zero-order valence-electron chi connectivity index (χ0n) is 25.3. The van der Waals surface area contributed by atoms with Crippen LogP contribution in [0.2, 0.25) is 0 Å². The Labute approximate surface area is 263 Å². The Morgan fingerprint density at radius 1 is 0.844 bits per heavy atom. The smallest absolute Gasteiger partial charge is 0.247 e. The lowest BCUT2D eigenvalue weighted by Gasteiger charge is -2.37. The number of pyridine rings is 1. The SMILES string of the molecule is Cc1ccc(/C=C/C(=O)N(Cc2ccc(-c3cnccn3)cc2)[C@@H](Cc2ccccc2)C(=O)N2CCc3ccccc3C2)cn1. The quantitative estimate of drug-likeness (QED) is 0.194. The number of carbonyl (C=O) groups excluding carboxylic acids is 2. The van der Waals surface area contributed by atoms with Gasteiger partial charge in [-0.15, -0.1) is 0 Å². The summed E-state index contributed by atoms with van der Waals surface area (Å²) < 4.78 is 0. The fourth-order valence-electron chi connectivity index (χ4n) is 5.67. The third kappa shape index (κ3) is 7.39. The predicted molar refractivity (Wildman–Crippen MR) is 176 cm³/mol. The van der Waals surface area contributed by atoms with Crippen molar-refractivity contribution >= 4 is 17.9 Å². The number of fused-ring (bicyclic) bond motifs is 1. The summed E-state index contributed by atoms with van der Waals surface area (Å²) in [5.41, 5.74) is 7.76. The van der Waals surface area contributed by atoms with Crippen LogP contribution in [0.25, 0.3) is 17.3 Å². The van der Waals surface area contributed by atoms with Crippen LogP contribution in [0.4, 0.5) is 0 Å². The minimum Gasteiger partial charge on any atom is -0.336 e. The summed E-state index contributed by atoms with van der Waals surface area (Å²) in [4.78, 5) is 45.2. The van der Waals surface area contributed by atoms with Crippen molar-refractivity contribution in [2.75, 3.05) is 6.54 Å². The zero-order valence-corrected chi connectivity index (χ0v) is 25.3. The van der Waals surface area contributed by atoms with Gasteiger partial charge in [0, 0.05) is 62.0 Å². The van der Waals surface area contributed by atoms with Gasteiger partial charge >= 0.3 is 0 Å². The monoisotopic (exact) mass is 593 g/mol. The molecular formula is C38H35N5O2. The first kappa shape index (κ1) is 29.6. The number of carbonyl (C=O) groups is 2. The van der Waals surface area contributed by atoms with Crippen molar-refractivity contribution in [3.05, 3.63) is 155 Å². The van der Waals surface area contributed by atoms with Gasteiger partial charge in [-0.2, -0.15) is 0 Å². The lowest BCUT2D eigenvalue weighted by Crippen LogP contribution is -2.52. The van der Waals surface area contributed by atoms with Crippen LogP contribution in [0.15, 0.2) is 122 Å². The molecule has 1 atom stereocenters. The minimum atomic E-state index is -0.703. The number of aromatic nitrogens is 3. The molecule has 3 aromatic carbocycles. The van der Waals surface area contributed by atoms with Gasteiger partial charge in [0.2, 0.25) is 11.8 Å². The molecular weight excluding hydrogens is 558 g/mol. The fraction of sp³-hybridized carbons (Fsp3) is 0.184. The minimum absolute atomic E-state index is 0.0525. The molecule has 2 aromatic heterocycles. The zero-order chi connectivity index (χ0) is 31.0. The van der Waals surface area contributed by atoms with E-state index in [0.29, 0.717) is 19.5 Å². The van der Waals surface area contributed by atoms with E-state index >= 15 is 0 Å². The Balaban J connectivity index is 1.34. The maximum Gasteiger partial charge on any atom is 0.247 e. The van der Waals surface area contributed by atoms with Gasteiger partial charge in [0.1, 0.15) is 6.04 Å². The third-order valence-corrected chi connectivity index (χ3v) is 8.18. The molecule has 0 saturated carbocycles. The largest absolute Gasteiger partial charge is 0.336 e. The van der Waals surface area contributed by atoms with Crippen molar-refractivity contribution in [1.29, 1.82) is 0 Å². The predicted octanol–water partition coefficient (Wildman–Crippen LogP) is 6.09. The molecule has 0 radical (unpaired) electrons.